The van der Waals surface area contributed by atoms with Gasteiger partial charge in [-0.15, -0.1) is 0 Å². The summed E-state index contributed by atoms with van der Waals surface area (Å²) in [4.78, 5) is 14.6. The van der Waals surface area contributed by atoms with Crippen LogP contribution in [0.15, 0.2) is 0 Å². The van der Waals surface area contributed by atoms with Gasteiger partial charge in [-0.1, -0.05) is 0 Å². The fraction of sp³-hybridized carbons (Fsp3) is 0.929. The molecule has 2 fully saturated rings. The third-order valence-corrected chi connectivity index (χ3v) is 4.38. The molecule has 104 valence electrons. The minimum absolute atomic E-state index is 0.147. The molecule has 2 N–H and O–H groups in total. The first kappa shape index (κ1) is 13.8. The van der Waals surface area contributed by atoms with Crippen LogP contribution in [0.2, 0.25) is 0 Å². The molecular weight excluding hydrogens is 228 g/mol. The molecule has 1 saturated heterocycles. The van der Waals surface area contributed by atoms with Crippen LogP contribution in [-0.2, 0) is 4.79 Å². The molecule has 0 spiro atoms. The molecular formula is C14H26N2O2. The Bertz CT molecular complexity index is 269. The zero-order valence-electron chi connectivity index (χ0n) is 11.4. The molecule has 0 aromatic rings. The van der Waals surface area contributed by atoms with Crippen molar-refractivity contribution in [1.29, 1.82) is 0 Å². The van der Waals surface area contributed by atoms with E-state index in [0.717, 1.165) is 58.2 Å². The number of carbonyl (C=O) groups is 1. The zero-order chi connectivity index (χ0) is 13.0. The molecule has 0 bridgehead atoms. The van der Waals surface area contributed by atoms with Gasteiger partial charge in [0.2, 0.25) is 5.91 Å². The van der Waals surface area contributed by atoms with Gasteiger partial charge in [0.05, 0.1) is 12.0 Å². The van der Waals surface area contributed by atoms with Crippen LogP contribution in [0.1, 0.15) is 45.4 Å². The number of hydrogen-bond acceptors (Lipinski definition) is 3. The molecule has 1 amide bonds. The second kappa shape index (κ2) is 6.53. The standard InChI is InChI=1S/C14H26N2O2/c1-2-16(12-5-7-13(17)8-6-12)14(18)11-4-3-9-15-10-11/h11-13,15,17H,2-10H2,1H3. The van der Waals surface area contributed by atoms with Gasteiger partial charge in [-0.05, 0) is 52.0 Å². The molecule has 4 nitrogen and oxygen atoms in total. The van der Waals surface area contributed by atoms with Crippen LogP contribution < -0.4 is 5.32 Å². The lowest BCUT2D eigenvalue weighted by atomic mass is 9.90. The summed E-state index contributed by atoms with van der Waals surface area (Å²) in [5.74, 6) is 0.497. The van der Waals surface area contributed by atoms with Gasteiger partial charge in [-0.3, -0.25) is 4.79 Å². The fourth-order valence-electron chi connectivity index (χ4n) is 3.26. The highest BCUT2D eigenvalue weighted by atomic mass is 16.3. The minimum Gasteiger partial charge on any atom is -0.393 e. The second-order valence-corrected chi connectivity index (χ2v) is 5.63. The molecule has 4 heteroatoms. The summed E-state index contributed by atoms with van der Waals surface area (Å²) >= 11 is 0. The van der Waals surface area contributed by atoms with Crippen molar-refractivity contribution in [3.05, 3.63) is 0 Å². The maximum absolute atomic E-state index is 12.5. The molecule has 1 atom stereocenters. The smallest absolute Gasteiger partial charge is 0.227 e. The Kier molecular flexibility index (Phi) is 5.01. The van der Waals surface area contributed by atoms with Crippen molar-refractivity contribution in [2.45, 2.75) is 57.6 Å². The molecule has 1 heterocycles. The number of piperidine rings is 1. The monoisotopic (exact) mass is 254 g/mol. The summed E-state index contributed by atoms with van der Waals surface area (Å²) in [6.07, 6.45) is 5.59. The maximum Gasteiger partial charge on any atom is 0.227 e. The highest BCUT2D eigenvalue weighted by molar-refractivity contribution is 5.79. The van der Waals surface area contributed by atoms with E-state index in [4.69, 9.17) is 0 Å². The molecule has 0 aromatic carbocycles. The quantitative estimate of drug-likeness (QED) is 0.794. The number of hydrogen-bond donors (Lipinski definition) is 2. The van der Waals surface area contributed by atoms with Crippen LogP contribution in [0.3, 0.4) is 0 Å². The Morgan fingerprint density at radius 2 is 2.00 bits per heavy atom. The molecule has 2 aliphatic rings. The van der Waals surface area contributed by atoms with Gasteiger partial charge in [0.1, 0.15) is 0 Å². The van der Waals surface area contributed by atoms with Crippen molar-refractivity contribution < 1.29 is 9.90 Å². The molecule has 1 aliphatic heterocycles. The van der Waals surface area contributed by atoms with Crippen molar-refractivity contribution in [2.24, 2.45) is 5.92 Å². The Morgan fingerprint density at radius 1 is 1.28 bits per heavy atom. The van der Waals surface area contributed by atoms with Crippen molar-refractivity contribution in [1.82, 2.24) is 10.2 Å². The number of rotatable bonds is 3. The molecule has 18 heavy (non-hydrogen) atoms. The van der Waals surface area contributed by atoms with Gasteiger partial charge in [0, 0.05) is 19.1 Å². The Hall–Kier alpha value is -0.610. The van der Waals surface area contributed by atoms with Crippen LogP contribution in [-0.4, -0.2) is 47.7 Å². The topological polar surface area (TPSA) is 52.6 Å². The first-order chi connectivity index (χ1) is 8.72. The van der Waals surface area contributed by atoms with E-state index in [1.165, 1.54) is 0 Å². The Labute approximate surface area is 110 Å². The summed E-state index contributed by atoms with van der Waals surface area (Å²) in [6, 6.07) is 0.354. The highest BCUT2D eigenvalue weighted by Gasteiger charge is 2.31. The van der Waals surface area contributed by atoms with Gasteiger partial charge in [0.25, 0.3) is 0 Å². The first-order valence-corrected chi connectivity index (χ1v) is 7.41. The van der Waals surface area contributed by atoms with Crippen molar-refractivity contribution in [3.8, 4) is 0 Å². The predicted octanol–water partition coefficient (Wildman–Crippen LogP) is 1.14. The first-order valence-electron chi connectivity index (χ1n) is 7.41. The lowest BCUT2D eigenvalue weighted by molar-refractivity contribution is -0.139. The van der Waals surface area contributed by atoms with E-state index < -0.39 is 0 Å². The van der Waals surface area contributed by atoms with E-state index >= 15 is 0 Å². The van der Waals surface area contributed by atoms with Crippen LogP contribution in [0.5, 0.6) is 0 Å². The number of aliphatic hydroxyl groups excluding tert-OH is 1. The maximum atomic E-state index is 12.5. The van der Waals surface area contributed by atoms with Crippen LogP contribution >= 0.6 is 0 Å². The van der Waals surface area contributed by atoms with Gasteiger partial charge in [-0.2, -0.15) is 0 Å². The third kappa shape index (κ3) is 3.23. The van der Waals surface area contributed by atoms with Gasteiger partial charge in [0.15, 0.2) is 0 Å². The average Bonchev–Trinajstić information content (AvgIpc) is 2.42. The average molecular weight is 254 g/mol. The Balaban J connectivity index is 1.92. The van der Waals surface area contributed by atoms with Crippen molar-refractivity contribution in [3.63, 3.8) is 0 Å². The molecule has 1 aliphatic carbocycles. The summed E-state index contributed by atoms with van der Waals surface area (Å²) in [5, 5.41) is 12.9. The van der Waals surface area contributed by atoms with E-state index in [9.17, 15) is 9.90 Å². The van der Waals surface area contributed by atoms with Gasteiger partial charge >= 0.3 is 0 Å². The SMILES string of the molecule is CCN(C(=O)C1CCCNC1)C1CCC(O)CC1. The number of amides is 1. The van der Waals surface area contributed by atoms with E-state index in [1.54, 1.807) is 0 Å². The molecule has 1 saturated carbocycles. The Morgan fingerprint density at radius 3 is 2.56 bits per heavy atom. The third-order valence-electron chi connectivity index (χ3n) is 4.38. The summed E-state index contributed by atoms with van der Waals surface area (Å²) in [5.41, 5.74) is 0. The van der Waals surface area contributed by atoms with Gasteiger partial charge in [-0.25, -0.2) is 0 Å². The van der Waals surface area contributed by atoms with Crippen molar-refractivity contribution in [2.75, 3.05) is 19.6 Å². The lowest BCUT2D eigenvalue weighted by Crippen LogP contribution is -2.48. The largest absolute Gasteiger partial charge is 0.393 e. The molecule has 1 unspecified atom stereocenters. The number of aliphatic hydroxyl groups is 1. The van der Waals surface area contributed by atoms with Crippen LogP contribution in [0.25, 0.3) is 0 Å². The number of nitrogens with one attached hydrogen (secondary N) is 1. The van der Waals surface area contributed by atoms with E-state index in [2.05, 4.69) is 17.1 Å². The molecule has 0 aromatic heterocycles. The summed E-state index contributed by atoms with van der Waals surface area (Å²) in [6.45, 7) is 4.76. The van der Waals surface area contributed by atoms with Gasteiger partial charge < -0.3 is 15.3 Å². The summed E-state index contributed by atoms with van der Waals surface area (Å²) < 4.78 is 0. The number of nitrogens with zero attached hydrogens (tertiary/aromatic N) is 1. The van der Waals surface area contributed by atoms with Crippen molar-refractivity contribution >= 4 is 5.91 Å². The van der Waals surface area contributed by atoms with Crippen LogP contribution in [0.4, 0.5) is 0 Å². The van der Waals surface area contributed by atoms with E-state index in [0.29, 0.717) is 11.9 Å². The van der Waals surface area contributed by atoms with E-state index in [-0.39, 0.29) is 12.0 Å². The number of carbonyl (C=O) groups excluding carboxylic acids is 1. The zero-order valence-corrected chi connectivity index (χ0v) is 11.4. The summed E-state index contributed by atoms with van der Waals surface area (Å²) in [7, 11) is 0. The molecule has 2 rings (SSSR count). The fourth-order valence-corrected chi connectivity index (χ4v) is 3.26. The normalized spacial score (nSPS) is 33.1. The second-order valence-electron chi connectivity index (χ2n) is 5.63. The molecule has 0 radical (unpaired) electrons. The van der Waals surface area contributed by atoms with E-state index in [1.807, 2.05) is 0 Å². The lowest BCUT2D eigenvalue weighted by Gasteiger charge is -2.38. The van der Waals surface area contributed by atoms with Crippen LogP contribution in [0, 0.1) is 5.92 Å². The minimum atomic E-state index is -0.147. The predicted molar refractivity (Wildman–Crippen MR) is 71.2 cm³/mol. The highest BCUT2D eigenvalue weighted by Crippen LogP contribution is 2.25.